The summed E-state index contributed by atoms with van der Waals surface area (Å²) >= 11 is 0. The highest BCUT2D eigenvalue weighted by atomic mass is 16.3. The third-order valence-corrected chi connectivity index (χ3v) is 3.24. The van der Waals surface area contributed by atoms with E-state index in [9.17, 15) is 10.2 Å². The largest absolute Gasteiger partial charge is 0.389 e. The predicted octanol–water partition coefficient (Wildman–Crippen LogP) is 1.49. The van der Waals surface area contributed by atoms with Crippen molar-refractivity contribution in [3.05, 3.63) is 23.9 Å². The maximum Gasteiger partial charge on any atom is 0.134 e. The fraction of sp³-hybridized carbons (Fsp3) is 0.615. The van der Waals surface area contributed by atoms with E-state index < -0.39 is 11.7 Å². The quantitative estimate of drug-likeness (QED) is 0.816. The first kappa shape index (κ1) is 12.3. The van der Waals surface area contributed by atoms with Gasteiger partial charge in [0.15, 0.2) is 0 Å². The number of aliphatic hydroxyl groups is 2. The molecule has 1 saturated heterocycles. The van der Waals surface area contributed by atoms with Gasteiger partial charge in [0.25, 0.3) is 0 Å². The van der Waals surface area contributed by atoms with E-state index in [2.05, 4.69) is 9.88 Å². The Kier molecular flexibility index (Phi) is 3.35. The highest BCUT2D eigenvalue weighted by Crippen LogP contribution is 2.29. The summed E-state index contributed by atoms with van der Waals surface area (Å²) in [4.78, 5) is 6.41. The number of nitrogens with zero attached hydrogens (tertiary/aromatic N) is 2. The summed E-state index contributed by atoms with van der Waals surface area (Å²) in [6.07, 6.45) is 2.96. The number of anilines is 1. The summed E-state index contributed by atoms with van der Waals surface area (Å²) in [5.74, 6) is 0.794. The van der Waals surface area contributed by atoms with Gasteiger partial charge in [-0.2, -0.15) is 0 Å². The fourth-order valence-electron chi connectivity index (χ4n) is 2.40. The number of aliphatic hydroxyl groups excluding tert-OH is 1. The van der Waals surface area contributed by atoms with Gasteiger partial charge in [-0.1, -0.05) is 6.07 Å². The minimum atomic E-state index is -0.661. The average Bonchev–Trinajstić information content (AvgIpc) is 2.27. The van der Waals surface area contributed by atoms with Crippen LogP contribution in [0.3, 0.4) is 0 Å². The number of β-amino-alcohol motifs (C(OH)–C–C–N with tert-alkyl or cyclic N) is 1. The lowest BCUT2D eigenvalue weighted by Gasteiger charge is -2.38. The summed E-state index contributed by atoms with van der Waals surface area (Å²) in [6, 6.07) is 3.71. The minimum Gasteiger partial charge on any atom is -0.389 e. The molecule has 1 aromatic rings. The Bertz CT molecular complexity index is 391. The van der Waals surface area contributed by atoms with Crippen molar-refractivity contribution in [3.63, 3.8) is 0 Å². The molecule has 94 valence electrons. The van der Waals surface area contributed by atoms with Crippen molar-refractivity contribution in [3.8, 4) is 0 Å². The van der Waals surface area contributed by atoms with Crippen LogP contribution in [-0.4, -0.2) is 33.9 Å². The molecule has 2 heterocycles. The van der Waals surface area contributed by atoms with Gasteiger partial charge >= 0.3 is 0 Å². The summed E-state index contributed by atoms with van der Waals surface area (Å²) in [6.45, 7) is 5.05. The fourth-order valence-corrected chi connectivity index (χ4v) is 2.40. The Hall–Kier alpha value is -1.13. The molecule has 2 unspecified atom stereocenters. The van der Waals surface area contributed by atoms with Gasteiger partial charge in [0, 0.05) is 24.8 Å². The zero-order chi connectivity index (χ0) is 12.5. The summed E-state index contributed by atoms with van der Waals surface area (Å²) in [7, 11) is 0. The van der Waals surface area contributed by atoms with Crippen molar-refractivity contribution in [2.45, 2.75) is 38.4 Å². The number of aromatic nitrogens is 1. The lowest BCUT2D eigenvalue weighted by atomic mass is 9.94. The maximum atomic E-state index is 10.1. The summed E-state index contributed by atoms with van der Waals surface area (Å²) < 4.78 is 0. The normalized spacial score (nSPS) is 26.9. The van der Waals surface area contributed by atoms with E-state index >= 15 is 0 Å². The molecule has 2 N–H and O–H groups in total. The van der Waals surface area contributed by atoms with E-state index in [1.165, 1.54) is 0 Å². The highest BCUT2D eigenvalue weighted by molar-refractivity contribution is 5.48. The van der Waals surface area contributed by atoms with Crippen molar-refractivity contribution in [2.75, 3.05) is 18.0 Å². The molecule has 1 aliphatic rings. The third-order valence-electron chi connectivity index (χ3n) is 3.24. The molecule has 0 spiro atoms. The van der Waals surface area contributed by atoms with Gasteiger partial charge in [0.1, 0.15) is 5.82 Å². The van der Waals surface area contributed by atoms with Crippen LogP contribution < -0.4 is 4.90 Å². The molecule has 1 aromatic heterocycles. The van der Waals surface area contributed by atoms with Crippen LogP contribution in [0.5, 0.6) is 0 Å². The Balaban J connectivity index is 2.27. The summed E-state index contributed by atoms with van der Waals surface area (Å²) in [5, 5.41) is 19.8. The molecule has 4 nitrogen and oxygen atoms in total. The molecule has 0 aromatic carbocycles. The molecule has 17 heavy (non-hydrogen) atoms. The van der Waals surface area contributed by atoms with E-state index in [1.807, 2.05) is 19.1 Å². The van der Waals surface area contributed by atoms with Crippen molar-refractivity contribution >= 4 is 5.82 Å². The number of hydrogen-bond acceptors (Lipinski definition) is 4. The van der Waals surface area contributed by atoms with E-state index in [0.717, 1.165) is 30.8 Å². The molecule has 0 amide bonds. The zero-order valence-electron chi connectivity index (χ0n) is 10.4. The first-order chi connectivity index (χ1) is 7.99. The number of rotatable bonds is 2. The van der Waals surface area contributed by atoms with Crippen LogP contribution in [0.4, 0.5) is 5.82 Å². The van der Waals surface area contributed by atoms with Crippen molar-refractivity contribution in [1.29, 1.82) is 0 Å². The highest BCUT2D eigenvalue weighted by Gasteiger charge is 2.30. The van der Waals surface area contributed by atoms with Crippen LogP contribution in [0.2, 0.25) is 0 Å². The van der Waals surface area contributed by atoms with E-state index in [1.54, 1.807) is 13.1 Å². The molecular weight excluding hydrogens is 216 g/mol. The molecule has 2 atom stereocenters. The van der Waals surface area contributed by atoms with E-state index in [0.29, 0.717) is 6.54 Å². The topological polar surface area (TPSA) is 56.6 Å². The van der Waals surface area contributed by atoms with Gasteiger partial charge in [-0.05, 0) is 32.8 Å². The second kappa shape index (κ2) is 4.63. The molecule has 4 heteroatoms. The van der Waals surface area contributed by atoms with E-state index in [-0.39, 0.29) is 0 Å². The van der Waals surface area contributed by atoms with Crippen molar-refractivity contribution in [1.82, 2.24) is 4.98 Å². The Labute approximate surface area is 102 Å². The lowest BCUT2D eigenvalue weighted by Crippen LogP contribution is -2.46. The van der Waals surface area contributed by atoms with Gasteiger partial charge in [0.2, 0.25) is 0 Å². The zero-order valence-corrected chi connectivity index (χ0v) is 10.4. The standard InChI is InChI=1S/C13H20N2O2/c1-10(16)11-5-3-7-14-12(11)15-8-4-6-13(2,17)9-15/h3,5,7,10,16-17H,4,6,8-9H2,1-2H3. The van der Waals surface area contributed by atoms with Gasteiger partial charge in [0.05, 0.1) is 11.7 Å². The molecule has 0 bridgehead atoms. The van der Waals surface area contributed by atoms with Crippen LogP contribution in [0.25, 0.3) is 0 Å². The van der Waals surface area contributed by atoms with Crippen molar-refractivity contribution < 1.29 is 10.2 Å². The first-order valence-electron chi connectivity index (χ1n) is 6.10. The molecule has 0 radical (unpaired) electrons. The van der Waals surface area contributed by atoms with Crippen LogP contribution in [-0.2, 0) is 0 Å². The average molecular weight is 236 g/mol. The van der Waals surface area contributed by atoms with Gasteiger partial charge in [-0.3, -0.25) is 0 Å². The van der Waals surface area contributed by atoms with Gasteiger partial charge in [-0.25, -0.2) is 4.98 Å². The van der Waals surface area contributed by atoms with Crippen molar-refractivity contribution in [2.24, 2.45) is 0 Å². The van der Waals surface area contributed by atoms with Crippen LogP contribution in [0.1, 0.15) is 38.4 Å². The lowest BCUT2D eigenvalue weighted by molar-refractivity contribution is 0.0445. The van der Waals surface area contributed by atoms with Crippen LogP contribution >= 0.6 is 0 Å². The molecule has 0 aliphatic carbocycles. The molecule has 0 saturated carbocycles. The molecular formula is C13H20N2O2. The monoisotopic (exact) mass is 236 g/mol. The first-order valence-corrected chi connectivity index (χ1v) is 6.10. The van der Waals surface area contributed by atoms with E-state index in [4.69, 9.17) is 0 Å². The predicted molar refractivity (Wildman–Crippen MR) is 66.9 cm³/mol. The third kappa shape index (κ3) is 2.76. The number of pyridine rings is 1. The van der Waals surface area contributed by atoms with Crippen LogP contribution in [0, 0.1) is 0 Å². The number of piperidine rings is 1. The maximum absolute atomic E-state index is 10.1. The Morgan fingerprint density at radius 2 is 2.29 bits per heavy atom. The molecule has 2 rings (SSSR count). The molecule has 1 aliphatic heterocycles. The second-order valence-corrected chi connectivity index (χ2v) is 5.11. The van der Waals surface area contributed by atoms with Gasteiger partial charge in [-0.15, -0.1) is 0 Å². The molecule has 1 fully saturated rings. The smallest absolute Gasteiger partial charge is 0.134 e. The Morgan fingerprint density at radius 3 is 2.94 bits per heavy atom. The Morgan fingerprint density at radius 1 is 1.53 bits per heavy atom. The second-order valence-electron chi connectivity index (χ2n) is 5.11. The minimum absolute atomic E-state index is 0.537. The SMILES string of the molecule is CC(O)c1cccnc1N1CCCC(C)(O)C1. The summed E-state index contributed by atoms with van der Waals surface area (Å²) in [5.41, 5.74) is 0.163. The number of hydrogen-bond donors (Lipinski definition) is 2. The van der Waals surface area contributed by atoms with Crippen LogP contribution in [0.15, 0.2) is 18.3 Å². The van der Waals surface area contributed by atoms with Gasteiger partial charge < -0.3 is 15.1 Å².